The van der Waals surface area contributed by atoms with Crippen LogP contribution in [0.25, 0.3) is 11.0 Å². The van der Waals surface area contributed by atoms with Crippen molar-refractivity contribution in [3.8, 4) is 0 Å². The molecule has 2 unspecified atom stereocenters. The fourth-order valence-corrected chi connectivity index (χ4v) is 2.62. The highest BCUT2D eigenvalue weighted by Gasteiger charge is 2.20. The van der Waals surface area contributed by atoms with Gasteiger partial charge in [-0.3, -0.25) is 0 Å². The second-order valence-corrected chi connectivity index (χ2v) is 5.92. The molecule has 0 fully saturated rings. The molecule has 0 spiro atoms. The maximum atomic E-state index is 5.59. The zero-order chi connectivity index (χ0) is 15.4. The van der Waals surface area contributed by atoms with Crippen LogP contribution < -0.4 is 5.32 Å². The standard InChI is InChI=1S/C17H27N3O/c1-6-21-11-15(12(2)3)18-13(4)17-19-14-9-7-8-10-16(14)20(17)5/h7-10,12-13,15,18H,6,11H2,1-5H3. The first-order valence-corrected chi connectivity index (χ1v) is 7.79. The Morgan fingerprint density at radius 3 is 2.57 bits per heavy atom. The van der Waals surface area contributed by atoms with Crippen molar-refractivity contribution >= 4 is 11.0 Å². The highest BCUT2D eigenvalue weighted by Crippen LogP contribution is 2.20. The first-order chi connectivity index (χ1) is 10.0. The molecule has 0 saturated heterocycles. The Hall–Kier alpha value is -1.39. The van der Waals surface area contributed by atoms with E-state index in [-0.39, 0.29) is 6.04 Å². The normalized spacial score (nSPS) is 14.8. The van der Waals surface area contributed by atoms with E-state index in [1.165, 1.54) is 5.52 Å². The lowest BCUT2D eigenvalue weighted by molar-refractivity contribution is 0.104. The minimum atomic E-state index is 0.190. The van der Waals surface area contributed by atoms with E-state index in [0.29, 0.717) is 12.0 Å². The molecule has 0 aliphatic rings. The first kappa shape index (κ1) is 16.0. The van der Waals surface area contributed by atoms with Crippen molar-refractivity contribution in [2.24, 2.45) is 13.0 Å². The summed E-state index contributed by atoms with van der Waals surface area (Å²) in [5, 5.41) is 3.66. The van der Waals surface area contributed by atoms with E-state index in [1.54, 1.807) is 0 Å². The summed E-state index contributed by atoms with van der Waals surface area (Å²) in [5.41, 5.74) is 2.22. The Kier molecular flexibility index (Phi) is 5.37. The molecule has 4 heteroatoms. The van der Waals surface area contributed by atoms with E-state index < -0.39 is 0 Å². The van der Waals surface area contributed by atoms with Gasteiger partial charge in [0.25, 0.3) is 0 Å². The third kappa shape index (κ3) is 3.63. The number of hydrogen-bond acceptors (Lipinski definition) is 3. The summed E-state index contributed by atoms with van der Waals surface area (Å²) in [4.78, 5) is 4.76. The fourth-order valence-electron chi connectivity index (χ4n) is 2.62. The third-order valence-corrected chi connectivity index (χ3v) is 3.98. The molecule has 0 radical (unpaired) electrons. The molecule has 4 nitrogen and oxygen atoms in total. The van der Waals surface area contributed by atoms with E-state index in [1.807, 2.05) is 13.0 Å². The molecule has 0 bridgehead atoms. The van der Waals surface area contributed by atoms with Crippen LogP contribution in [0.15, 0.2) is 24.3 Å². The molecular formula is C17H27N3O. The van der Waals surface area contributed by atoms with Crippen LogP contribution in [0.4, 0.5) is 0 Å². The maximum Gasteiger partial charge on any atom is 0.126 e. The summed E-state index contributed by atoms with van der Waals surface area (Å²) in [6, 6.07) is 8.78. The molecule has 0 saturated carbocycles. The average Bonchev–Trinajstić information content (AvgIpc) is 2.81. The monoisotopic (exact) mass is 289 g/mol. The third-order valence-electron chi connectivity index (χ3n) is 3.98. The van der Waals surface area contributed by atoms with Crippen LogP contribution >= 0.6 is 0 Å². The number of aryl methyl sites for hydroxylation is 1. The van der Waals surface area contributed by atoms with Gasteiger partial charge in [-0.25, -0.2) is 4.98 Å². The van der Waals surface area contributed by atoms with Crippen molar-refractivity contribution < 1.29 is 4.74 Å². The molecule has 0 amide bonds. The number of benzene rings is 1. The molecule has 2 aromatic rings. The van der Waals surface area contributed by atoms with E-state index in [0.717, 1.165) is 24.6 Å². The number of imidazole rings is 1. The number of fused-ring (bicyclic) bond motifs is 1. The van der Waals surface area contributed by atoms with E-state index in [9.17, 15) is 0 Å². The Balaban J connectivity index is 2.17. The van der Waals surface area contributed by atoms with E-state index in [4.69, 9.17) is 9.72 Å². The molecule has 1 N–H and O–H groups in total. The molecular weight excluding hydrogens is 262 g/mol. The van der Waals surface area contributed by atoms with Crippen LogP contribution in [-0.2, 0) is 11.8 Å². The Labute approximate surface area is 127 Å². The van der Waals surface area contributed by atoms with Crippen LogP contribution in [0, 0.1) is 5.92 Å². The van der Waals surface area contributed by atoms with Gasteiger partial charge in [-0.2, -0.15) is 0 Å². The molecule has 2 atom stereocenters. The average molecular weight is 289 g/mol. The number of nitrogens with one attached hydrogen (secondary N) is 1. The Morgan fingerprint density at radius 2 is 1.95 bits per heavy atom. The van der Waals surface area contributed by atoms with Crippen LogP contribution in [0.5, 0.6) is 0 Å². The number of hydrogen-bond donors (Lipinski definition) is 1. The fraction of sp³-hybridized carbons (Fsp3) is 0.588. The quantitative estimate of drug-likeness (QED) is 0.850. The SMILES string of the molecule is CCOCC(NC(C)c1nc2ccccc2n1C)C(C)C. The Bertz CT molecular complexity index is 576. The lowest BCUT2D eigenvalue weighted by atomic mass is 10.0. The number of ether oxygens (including phenoxy) is 1. The number of para-hydroxylation sites is 2. The van der Waals surface area contributed by atoms with Gasteiger partial charge in [-0.05, 0) is 31.9 Å². The second kappa shape index (κ2) is 7.05. The zero-order valence-corrected chi connectivity index (χ0v) is 13.8. The van der Waals surface area contributed by atoms with Gasteiger partial charge >= 0.3 is 0 Å². The van der Waals surface area contributed by atoms with Gasteiger partial charge in [0, 0.05) is 19.7 Å². The highest BCUT2D eigenvalue weighted by molar-refractivity contribution is 5.75. The van der Waals surface area contributed by atoms with Crippen LogP contribution in [0.3, 0.4) is 0 Å². The molecule has 1 aromatic carbocycles. The van der Waals surface area contributed by atoms with Gasteiger partial charge in [0.15, 0.2) is 0 Å². The van der Waals surface area contributed by atoms with Crippen molar-refractivity contribution in [3.05, 3.63) is 30.1 Å². The van der Waals surface area contributed by atoms with Gasteiger partial charge in [0.1, 0.15) is 5.82 Å². The summed E-state index contributed by atoms with van der Waals surface area (Å²) in [6.07, 6.45) is 0. The van der Waals surface area contributed by atoms with Crippen LogP contribution in [0.1, 0.15) is 39.6 Å². The molecule has 2 rings (SSSR count). The first-order valence-electron chi connectivity index (χ1n) is 7.79. The number of nitrogens with zero attached hydrogens (tertiary/aromatic N) is 2. The summed E-state index contributed by atoms with van der Waals surface area (Å²) >= 11 is 0. The van der Waals surface area contributed by atoms with Gasteiger partial charge in [-0.1, -0.05) is 26.0 Å². The van der Waals surface area contributed by atoms with Crippen molar-refractivity contribution in [3.63, 3.8) is 0 Å². The van der Waals surface area contributed by atoms with E-state index >= 15 is 0 Å². The topological polar surface area (TPSA) is 39.1 Å². The van der Waals surface area contributed by atoms with Gasteiger partial charge in [-0.15, -0.1) is 0 Å². The van der Waals surface area contributed by atoms with Crippen LogP contribution in [-0.4, -0.2) is 28.8 Å². The van der Waals surface area contributed by atoms with Gasteiger partial charge in [0.2, 0.25) is 0 Å². The number of rotatable bonds is 7. The van der Waals surface area contributed by atoms with Crippen molar-refractivity contribution in [2.45, 2.75) is 39.8 Å². The molecule has 21 heavy (non-hydrogen) atoms. The summed E-state index contributed by atoms with van der Waals surface area (Å²) in [5.74, 6) is 1.59. The summed E-state index contributed by atoms with van der Waals surface area (Å²) in [7, 11) is 2.08. The molecule has 1 heterocycles. The lowest BCUT2D eigenvalue weighted by Crippen LogP contribution is -2.40. The predicted molar refractivity (Wildman–Crippen MR) is 87.4 cm³/mol. The zero-order valence-electron chi connectivity index (χ0n) is 13.8. The molecule has 116 valence electrons. The van der Waals surface area contributed by atoms with Gasteiger partial charge in [0.05, 0.1) is 23.7 Å². The maximum absolute atomic E-state index is 5.59. The molecule has 0 aliphatic heterocycles. The van der Waals surface area contributed by atoms with Gasteiger partial charge < -0.3 is 14.6 Å². The predicted octanol–water partition coefficient (Wildman–Crippen LogP) is 3.29. The van der Waals surface area contributed by atoms with E-state index in [2.05, 4.69) is 55.9 Å². The number of aromatic nitrogens is 2. The molecule has 1 aromatic heterocycles. The summed E-state index contributed by atoms with van der Waals surface area (Å²) in [6.45, 7) is 10.1. The minimum absolute atomic E-state index is 0.190. The smallest absolute Gasteiger partial charge is 0.126 e. The second-order valence-electron chi connectivity index (χ2n) is 5.92. The molecule has 0 aliphatic carbocycles. The largest absolute Gasteiger partial charge is 0.380 e. The van der Waals surface area contributed by atoms with Crippen molar-refractivity contribution in [1.82, 2.24) is 14.9 Å². The lowest BCUT2D eigenvalue weighted by Gasteiger charge is -2.26. The van der Waals surface area contributed by atoms with Crippen molar-refractivity contribution in [1.29, 1.82) is 0 Å². The highest BCUT2D eigenvalue weighted by atomic mass is 16.5. The van der Waals surface area contributed by atoms with Crippen LogP contribution in [0.2, 0.25) is 0 Å². The van der Waals surface area contributed by atoms with Crippen molar-refractivity contribution in [2.75, 3.05) is 13.2 Å². The minimum Gasteiger partial charge on any atom is -0.380 e. The summed E-state index contributed by atoms with van der Waals surface area (Å²) < 4.78 is 7.76. The Morgan fingerprint density at radius 1 is 1.24 bits per heavy atom.